The summed E-state index contributed by atoms with van der Waals surface area (Å²) in [6.07, 6.45) is -4.74. The van der Waals surface area contributed by atoms with Gasteiger partial charge in [0.15, 0.2) is 5.69 Å². The van der Waals surface area contributed by atoms with Crippen LogP contribution in [0.3, 0.4) is 0 Å². The van der Waals surface area contributed by atoms with Crippen LogP contribution in [0.25, 0.3) is 11.3 Å². The molecule has 0 amide bonds. The van der Waals surface area contributed by atoms with Crippen molar-refractivity contribution in [3.63, 3.8) is 0 Å². The van der Waals surface area contributed by atoms with Gasteiger partial charge in [0.1, 0.15) is 22.3 Å². The van der Waals surface area contributed by atoms with Gasteiger partial charge in [-0.3, -0.25) is 0 Å². The normalized spacial score (nSPS) is 11.6. The minimum absolute atomic E-state index is 0.0579. The summed E-state index contributed by atoms with van der Waals surface area (Å²) in [6, 6.07) is 10.7. The molecule has 2 aromatic carbocycles. The highest BCUT2D eigenvalue weighted by Gasteiger charge is 2.34. The quantitative estimate of drug-likeness (QED) is 0.502. The zero-order chi connectivity index (χ0) is 20.3. The second-order valence-corrected chi connectivity index (χ2v) is 6.64. The summed E-state index contributed by atoms with van der Waals surface area (Å²) in [6.45, 7) is 0. The summed E-state index contributed by atoms with van der Waals surface area (Å²) < 4.78 is 79.3. The molecule has 146 valence electrons. The SMILES string of the molecule is O=[SH](=O)Cc1ccc(-c2cc(C(F)(F)F)nc(Oc3ccc(F)cc3)n2)cc1. The molecular weight excluding hydrogens is 400 g/mol. The fourth-order valence-corrected chi connectivity index (χ4v) is 2.81. The van der Waals surface area contributed by atoms with Gasteiger partial charge in [0.25, 0.3) is 0 Å². The Morgan fingerprint density at radius 1 is 0.929 bits per heavy atom. The molecule has 10 heteroatoms. The first-order valence-corrected chi connectivity index (χ1v) is 9.18. The van der Waals surface area contributed by atoms with Gasteiger partial charge in [0.05, 0.1) is 11.4 Å². The van der Waals surface area contributed by atoms with Crippen LogP contribution in [0, 0.1) is 5.82 Å². The summed E-state index contributed by atoms with van der Waals surface area (Å²) in [5, 5.41) is 0. The molecule has 3 aromatic rings. The van der Waals surface area contributed by atoms with Crippen LogP contribution in [0.15, 0.2) is 54.6 Å². The number of aromatic nitrogens is 2. The van der Waals surface area contributed by atoms with Gasteiger partial charge in [-0.15, -0.1) is 0 Å². The summed E-state index contributed by atoms with van der Waals surface area (Å²) in [4.78, 5) is 7.35. The van der Waals surface area contributed by atoms with E-state index in [1.807, 2.05) is 0 Å². The Balaban J connectivity index is 1.99. The molecule has 28 heavy (non-hydrogen) atoms. The van der Waals surface area contributed by atoms with Crippen molar-refractivity contribution < 1.29 is 30.7 Å². The fraction of sp³-hybridized carbons (Fsp3) is 0.111. The average molecular weight is 412 g/mol. The monoisotopic (exact) mass is 412 g/mol. The van der Waals surface area contributed by atoms with Crippen LogP contribution in [0.4, 0.5) is 17.6 Å². The molecule has 0 aliphatic heterocycles. The number of hydrogen-bond acceptors (Lipinski definition) is 5. The van der Waals surface area contributed by atoms with E-state index in [1.165, 1.54) is 36.4 Å². The van der Waals surface area contributed by atoms with E-state index in [9.17, 15) is 26.0 Å². The van der Waals surface area contributed by atoms with E-state index in [2.05, 4.69) is 9.97 Å². The summed E-state index contributed by atoms with van der Waals surface area (Å²) in [5.74, 6) is -0.634. The standard InChI is InChI=1S/C18H12F4N2O3S/c19-13-5-7-14(8-6-13)27-17-23-15(9-16(24-17)18(20,21)22)12-3-1-11(2-4-12)10-28(25)26/h1-9,28H,10H2. The average Bonchev–Trinajstić information content (AvgIpc) is 2.63. The van der Waals surface area contributed by atoms with Crippen LogP contribution < -0.4 is 4.74 Å². The van der Waals surface area contributed by atoms with Gasteiger partial charge in [0, 0.05) is 5.56 Å². The number of ether oxygens (including phenoxy) is 1. The Morgan fingerprint density at radius 2 is 1.57 bits per heavy atom. The van der Waals surface area contributed by atoms with Crippen LogP contribution in [0.2, 0.25) is 0 Å². The lowest BCUT2D eigenvalue weighted by Gasteiger charge is -2.11. The first-order chi connectivity index (χ1) is 13.2. The van der Waals surface area contributed by atoms with Crippen molar-refractivity contribution in [2.75, 3.05) is 0 Å². The molecule has 0 saturated carbocycles. The summed E-state index contributed by atoms with van der Waals surface area (Å²) in [5.41, 5.74) is -0.451. The largest absolute Gasteiger partial charge is 0.433 e. The van der Waals surface area contributed by atoms with E-state index in [1.54, 1.807) is 0 Å². The van der Waals surface area contributed by atoms with Crippen LogP contribution in [0.5, 0.6) is 11.8 Å². The maximum atomic E-state index is 13.2. The third-order valence-corrected chi connectivity index (χ3v) is 4.20. The minimum Gasteiger partial charge on any atom is -0.424 e. The lowest BCUT2D eigenvalue weighted by molar-refractivity contribution is -0.141. The second-order valence-electron chi connectivity index (χ2n) is 5.66. The molecule has 0 unspecified atom stereocenters. The van der Waals surface area contributed by atoms with E-state index in [4.69, 9.17) is 4.74 Å². The maximum absolute atomic E-state index is 13.2. The molecule has 0 spiro atoms. The first kappa shape index (κ1) is 19.7. The third kappa shape index (κ3) is 5.03. The molecule has 0 bridgehead atoms. The fourth-order valence-electron chi connectivity index (χ4n) is 2.30. The zero-order valence-corrected chi connectivity index (χ0v) is 14.9. The van der Waals surface area contributed by atoms with E-state index in [0.717, 1.165) is 18.2 Å². The first-order valence-electron chi connectivity index (χ1n) is 7.81. The Hall–Kier alpha value is -3.01. The Bertz CT molecular complexity index is 1040. The van der Waals surface area contributed by atoms with E-state index < -0.39 is 34.4 Å². The number of alkyl halides is 3. The van der Waals surface area contributed by atoms with Crippen molar-refractivity contribution in [1.29, 1.82) is 0 Å². The van der Waals surface area contributed by atoms with Gasteiger partial charge < -0.3 is 4.74 Å². The van der Waals surface area contributed by atoms with E-state index in [-0.39, 0.29) is 17.2 Å². The van der Waals surface area contributed by atoms with Crippen molar-refractivity contribution in [1.82, 2.24) is 9.97 Å². The highest BCUT2D eigenvalue weighted by atomic mass is 32.2. The van der Waals surface area contributed by atoms with Gasteiger partial charge in [0.2, 0.25) is 0 Å². The van der Waals surface area contributed by atoms with Gasteiger partial charge in [-0.05, 0) is 35.9 Å². The van der Waals surface area contributed by atoms with Crippen LogP contribution in [0.1, 0.15) is 11.3 Å². The lowest BCUT2D eigenvalue weighted by atomic mass is 10.1. The molecule has 0 aliphatic carbocycles. The van der Waals surface area contributed by atoms with Gasteiger partial charge in [-0.25, -0.2) is 12.8 Å². The molecule has 0 fully saturated rings. The number of hydrogen-bond donors (Lipinski definition) is 1. The third-order valence-electron chi connectivity index (χ3n) is 3.58. The highest BCUT2D eigenvalue weighted by Crippen LogP contribution is 2.32. The number of nitrogens with zero attached hydrogens (tertiary/aromatic N) is 2. The smallest absolute Gasteiger partial charge is 0.424 e. The van der Waals surface area contributed by atoms with Crippen LogP contribution >= 0.6 is 0 Å². The molecule has 0 N–H and O–H groups in total. The predicted octanol–water partition coefficient (Wildman–Crippen LogP) is 4.21. The van der Waals surface area contributed by atoms with Crippen molar-refractivity contribution in [3.05, 3.63) is 71.7 Å². The Labute approximate surface area is 158 Å². The summed E-state index contributed by atoms with van der Waals surface area (Å²) in [7, 11) is -2.62. The van der Waals surface area contributed by atoms with Crippen molar-refractivity contribution in [2.24, 2.45) is 0 Å². The maximum Gasteiger partial charge on any atom is 0.433 e. The minimum atomic E-state index is -4.74. The molecule has 3 rings (SSSR count). The molecular formula is C18H12F4N2O3S. The molecule has 1 heterocycles. The van der Waals surface area contributed by atoms with E-state index >= 15 is 0 Å². The zero-order valence-electron chi connectivity index (χ0n) is 14.0. The topological polar surface area (TPSA) is 69.2 Å². The van der Waals surface area contributed by atoms with E-state index in [0.29, 0.717) is 11.1 Å². The predicted molar refractivity (Wildman–Crippen MR) is 93.0 cm³/mol. The molecule has 0 aliphatic rings. The van der Waals surface area contributed by atoms with Gasteiger partial charge >= 0.3 is 12.2 Å². The number of halogens is 4. The number of thiol groups is 1. The second kappa shape index (κ2) is 7.93. The highest BCUT2D eigenvalue weighted by molar-refractivity contribution is 7.71. The molecule has 5 nitrogen and oxygen atoms in total. The van der Waals surface area contributed by atoms with Crippen molar-refractivity contribution in [3.8, 4) is 23.0 Å². The van der Waals surface area contributed by atoms with Crippen molar-refractivity contribution >= 4 is 10.7 Å². The van der Waals surface area contributed by atoms with Gasteiger partial charge in [-0.1, -0.05) is 24.3 Å². The number of rotatable bonds is 5. The lowest BCUT2D eigenvalue weighted by Crippen LogP contribution is -2.10. The number of benzene rings is 2. The Morgan fingerprint density at radius 3 is 2.14 bits per heavy atom. The molecule has 0 radical (unpaired) electrons. The van der Waals surface area contributed by atoms with Crippen LogP contribution in [-0.2, 0) is 22.6 Å². The Kier molecular flexibility index (Phi) is 5.59. The van der Waals surface area contributed by atoms with Crippen LogP contribution in [-0.4, -0.2) is 18.4 Å². The molecule has 0 saturated heterocycles. The van der Waals surface area contributed by atoms with Gasteiger partial charge in [-0.2, -0.15) is 23.1 Å². The van der Waals surface area contributed by atoms with Crippen molar-refractivity contribution in [2.45, 2.75) is 11.9 Å². The molecule has 0 atom stereocenters. The summed E-state index contributed by atoms with van der Waals surface area (Å²) >= 11 is 0. The molecule has 1 aromatic heterocycles.